The van der Waals surface area contributed by atoms with E-state index in [1.807, 2.05) is 12.1 Å². The summed E-state index contributed by atoms with van der Waals surface area (Å²) in [7, 11) is 1.51. The third-order valence-corrected chi connectivity index (χ3v) is 5.73. The first-order valence-electron chi connectivity index (χ1n) is 10.3. The van der Waals surface area contributed by atoms with Crippen molar-refractivity contribution < 1.29 is 28.2 Å². The van der Waals surface area contributed by atoms with Crippen LogP contribution in [0.25, 0.3) is 0 Å². The van der Waals surface area contributed by atoms with E-state index in [9.17, 15) is 18.8 Å². The summed E-state index contributed by atoms with van der Waals surface area (Å²) in [6, 6.07) is 10.9. The first-order valence-corrected chi connectivity index (χ1v) is 11.4. The molecule has 0 fully saturated rings. The van der Waals surface area contributed by atoms with Crippen LogP contribution in [0.2, 0.25) is 0 Å². The van der Waals surface area contributed by atoms with Crippen LogP contribution in [0.4, 0.5) is 15.8 Å². The summed E-state index contributed by atoms with van der Waals surface area (Å²) in [4.78, 5) is 36.5. The van der Waals surface area contributed by atoms with Gasteiger partial charge in [0.15, 0.2) is 6.61 Å². The lowest BCUT2D eigenvalue weighted by atomic mass is 9.87. The van der Waals surface area contributed by atoms with E-state index in [-0.39, 0.29) is 17.1 Å². The zero-order valence-corrected chi connectivity index (χ0v) is 20.2. The van der Waals surface area contributed by atoms with E-state index in [1.165, 1.54) is 31.4 Å². The molecule has 2 amide bonds. The number of ether oxygens (including phenoxy) is 2. The molecule has 0 saturated heterocycles. The van der Waals surface area contributed by atoms with Crippen LogP contribution in [0, 0.1) is 5.82 Å². The number of thioether (sulfide) groups is 1. The Kier molecular flexibility index (Phi) is 9.28. The molecule has 0 aliphatic heterocycles. The summed E-state index contributed by atoms with van der Waals surface area (Å²) in [5.74, 6) is -1.35. The maximum Gasteiger partial charge on any atom is 0.319 e. The van der Waals surface area contributed by atoms with Gasteiger partial charge in [0.2, 0.25) is 5.91 Å². The lowest BCUT2D eigenvalue weighted by molar-refractivity contribution is -0.146. The van der Waals surface area contributed by atoms with E-state index in [0.717, 1.165) is 17.3 Å². The van der Waals surface area contributed by atoms with Crippen molar-refractivity contribution in [2.75, 3.05) is 30.1 Å². The van der Waals surface area contributed by atoms with Gasteiger partial charge in [-0.3, -0.25) is 14.4 Å². The second kappa shape index (κ2) is 11.7. The standard InChI is InChI=1S/C24H29FN2O5S/c1-15(33-14-22(29)26-18-9-7-17(25)8-10-18)23(30)32-13-21(28)27-19-12-16(24(2,3)4)6-11-20(19)31-5/h6-12,15H,13-14H2,1-5H3,(H,26,29)(H,27,28). The highest BCUT2D eigenvalue weighted by molar-refractivity contribution is 8.01. The second-order valence-electron chi connectivity index (χ2n) is 8.33. The molecule has 2 N–H and O–H groups in total. The summed E-state index contributed by atoms with van der Waals surface area (Å²) in [6.07, 6.45) is 0. The SMILES string of the molecule is COc1ccc(C(C)(C)C)cc1NC(=O)COC(=O)C(C)SCC(=O)Nc1ccc(F)cc1. The summed E-state index contributed by atoms with van der Waals surface area (Å²) >= 11 is 1.07. The van der Waals surface area contributed by atoms with E-state index in [1.54, 1.807) is 13.0 Å². The Hall–Kier alpha value is -3.07. The molecular weight excluding hydrogens is 447 g/mol. The van der Waals surface area contributed by atoms with Crippen LogP contribution in [0.15, 0.2) is 42.5 Å². The number of hydrogen-bond donors (Lipinski definition) is 2. The Morgan fingerprint density at radius 3 is 2.30 bits per heavy atom. The molecule has 1 atom stereocenters. The smallest absolute Gasteiger partial charge is 0.319 e. The number of halogens is 1. The number of amides is 2. The van der Waals surface area contributed by atoms with Crippen molar-refractivity contribution in [3.05, 3.63) is 53.8 Å². The molecule has 0 heterocycles. The van der Waals surface area contributed by atoms with Gasteiger partial charge in [0.05, 0.1) is 18.6 Å². The van der Waals surface area contributed by atoms with Gasteiger partial charge >= 0.3 is 5.97 Å². The minimum atomic E-state index is -0.657. The van der Waals surface area contributed by atoms with E-state index >= 15 is 0 Å². The average molecular weight is 477 g/mol. The average Bonchev–Trinajstić information content (AvgIpc) is 2.76. The van der Waals surface area contributed by atoms with Crippen molar-refractivity contribution in [3.63, 3.8) is 0 Å². The largest absolute Gasteiger partial charge is 0.495 e. The number of hydrogen-bond acceptors (Lipinski definition) is 6. The topological polar surface area (TPSA) is 93.7 Å². The molecule has 0 aliphatic rings. The van der Waals surface area contributed by atoms with Gasteiger partial charge in [-0.15, -0.1) is 11.8 Å². The second-order valence-corrected chi connectivity index (χ2v) is 9.66. The molecule has 0 bridgehead atoms. The van der Waals surface area contributed by atoms with Gasteiger partial charge in [-0.2, -0.15) is 0 Å². The minimum absolute atomic E-state index is 0.00334. The van der Waals surface area contributed by atoms with Crippen LogP contribution in [0.5, 0.6) is 5.75 Å². The number of carbonyl (C=O) groups is 3. The van der Waals surface area contributed by atoms with Crippen LogP contribution in [-0.2, 0) is 24.5 Å². The fourth-order valence-electron chi connectivity index (χ4n) is 2.71. The minimum Gasteiger partial charge on any atom is -0.495 e. The Labute approximate surface area is 197 Å². The molecule has 2 aromatic rings. The number of anilines is 2. The Bertz CT molecular complexity index is 989. The first-order chi connectivity index (χ1) is 15.5. The molecule has 0 radical (unpaired) electrons. The maximum atomic E-state index is 12.9. The van der Waals surface area contributed by atoms with Gasteiger partial charge in [0, 0.05) is 5.69 Å². The number of esters is 1. The van der Waals surface area contributed by atoms with Crippen LogP contribution in [0.1, 0.15) is 33.3 Å². The summed E-state index contributed by atoms with van der Waals surface area (Å²) in [6.45, 7) is 7.30. The zero-order chi connectivity index (χ0) is 24.6. The third kappa shape index (κ3) is 8.42. The molecule has 0 aliphatic carbocycles. The van der Waals surface area contributed by atoms with Crippen molar-refractivity contribution in [3.8, 4) is 5.75 Å². The summed E-state index contributed by atoms with van der Waals surface area (Å²) in [5, 5.41) is 4.67. The lowest BCUT2D eigenvalue weighted by Crippen LogP contribution is -2.26. The molecular formula is C24H29FN2O5S. The van der Waals surface area contributed by atoms with E-state index in [2.05, 4.69) is 31.4 Å². The van der Waals surface area contributed by atoms with Crippen molar-refractivity contribution in [1.82, 2.24) is 0 Å². The molecule has 1 unspecified atom stereocenters. The van der Waals surface area contributed by atoms with E-state index in [4.69, 9.17) is 9.47 Å². The van der Waals surface area contributed by atoms with Gasteiger partial charge in [-0.05, 0) is 54.3 Å². The molecule has 9 heteroatoms. The summed E-state index contributed by atoms with van der Waals surface area (Å²) < 4.78 is 23.3. The van der Waals surface area contributed by atoms with Crippen molar-refractivity contribution in [2.24, 2.45) is 0 Å². The number of nitrogens with one attached hydrogen (secondary N) is 2. The van der Waals surface area contributed by atoms with E-state index in [0.29, 0.717) is 17.1 Å². The van der Waals surface area contributed by atoms with Crippen molar-refractivity contribution in [2.45, 2.75) is 38.4 Å². The molecule has 2 rings (SSSR count). The van der Waals surface area contributed by atoms with Crippen LogP contribution >= 0.6 is 11.8 Å². The third-order valence-electron chi connectivity index (χ3n) is 4.61. The zero-order valence-electron chi connectivity index (χ0n) is 19.4. The molecule has 2 aromatic carbocycles. The monoisotopic (exact) mass is 476 g/mol. The van der Waals surface area contributed by atoms with Gasteiger partial charge in [-0.25, -0.2) is 4.39 Å². The number of carbonyl (C=O) groups excluding carboxylic acids is 3. The maximum absolute atomic E-state index is 12.9. The molecule has 178 valence electrons. The van der Waals surface area contributed by atoms with Gasteiger partial charge in [-0.1, -0.05) is 26.8 Å². The molecule has 0 aromatic heterocycles. The number of methoxy groups -OCH3 is 1. The van der Waals surface area contributed by atoms with Crippen LogP contribution in [-0.4, -0.2) is 42.5 Å². The quantitative estimate of drug-likeness (QED) is 0.522. The summed E-state index contributed by atoms with van der Waals surface area (Å²) in [5.41, 5.74) is 1.85. The van der Waals surface area contributed by atoms with Crippen molar-refractivity contribution in [1.29, 1.82) is 0 Å². The van der Waals surface area contributed by atoms with Crippen LogP contribution in [0.3, 0.4) is 0 Å². The van der Waals surface area contributed by atoms with Crippen LogP contribution < -0.4 is 15.4 Å². The van der Waals surface area contributed by atoms with E-state index < -0.39 is 29.6 Å². The van der Waals surface area contributed by atoms with Gasteiger partial charge in [0.25, 0.3) is 5.91 Å². The molecule has 0 saturated carbocycles. The number of rotatable bonds is 9. The van der Waals surface area contributed by atoms with Gasteiger partial charge < -0.3 is 20.1 Å². The highest BCUT2D eigenvalue weighted by atomic mass is 32.2. The normalized spacial score (nSPS) is 11.9. The fourth-order valence-corrected chi connectivity index (χ4v) is 3.39. The Balaban J connectivity index is 1.81. The number of benzene rings is 2. The Morgan fingerprint density at radius 1 is 1.03 bits per heavy atom. The molecule has 0 spiro atoms. The fraction of sp³-hybridized carbons (Fsp3) is 0.375. The highest BCUT2D eigenvalue weighted by Gasteiger charge is 2.20. The highest BCUT2D eigenvalue weighted by Crippen LogP contribution is 2.31. The first kappa shape index (κ1) is 26.2. The van der Waals surface area contributed by atoms with Crippen molar-refractivity contribution >= 4 is 40.9 Å². The molecule has 33 heavy (non-hydrogen) atoms. The molecule has 7 nitrogen and oxygen atoms in total. The van der Waals surface area contributed by atoms with Gasteiger partial charge in [0.1, 0.15) is 16.8 Å². The predicted molar refractivity (Wildman–Crippen MR) is 128 cm³/mol. The predicted octanol–water partition coefficient (Wildman–Crippen LogP) is 4.37. The Morgan fingerprint density at radius 2 is 1.70 bits per heavy atom. The lowest BCUT2D eigenvalue weighted by Gasteiger charge is -2.21.